The molecular formula is C30H29N3O5S. The van der Waals surface area contributed by atoms with E-state index in [1.165, 1.54) is 6.26 Å². The zero-order chi connectivity index (χ0) is 27.4. The third kappa shape index (κ3) is 5.94. The number of aryl methyl sites for hydroxylation is 2. The summed E-state index contributed by atoms with van der Waals surface area (Å²) in [6.45, 7) is 3.49. The highest BCUT2D eigenvalue weighted by Gasteiger charge is 2.24. The second-order valence-electron chi connectivity index (χ2n) is 9.42. The second kappa shape index (κ2) is 11.3. The van der Waals surface area contributed by atoms with Gasteiger partial charge in [-0.15, -0.1) is 0 Å². The Morgan fingerprint density at radius 2 is 1.74 bits per heavy atom. The van der Waals surface area contributed by atoms with Crippen LogP contribution in [0, 0.1) is 13.8 Å². The van der Waals surface area contributed by atoms with Gasteiger partial charge in [0.1, 0.15) is 6.26 Å². The number of benzene rings is 3. The number of rotatable bonds is 10. The molecule has 0 saturated heterocycles. The number of anilines is 1. The molecule has 0 bridgehead atoms. The van der Waals surface area contributed by atoms with E-state index in [4.69, 9.17) is 8.94 Å². The van der Waals surface area contributed by atoms with Gasteiger partial charge in [-0.1, -0.05) is 59.8 Å². The Morgan fingerprint density at radius 1 is 0.974 bits per heavy atom. The van der Waals surface area contributed by atoms with E-state index in [1.807, 2.05) is 48.5 Å². The van der Waals surface area contributed by atoms with Crippen molar-refractivity contribution in [3.63, 3.8) is 0 Å². The Hall–Kier alpha value is -4.21. The minimum atomic E-state index is -4.02. The van der Waals surface area contributed by atoms with Gasteiger partial charge in [0.25, 0.3) is 10.0 Å². The van der Waals surface area contributed by atoms with Crippen molar-refractivity contribution in [3.05, 3.63) is 108 Å². The van der Waals surface area contributed by atoms with Crippen LogP contribution in [0.1, 0.15) is 28.8 Å². The van der Waals surface area contributed by atoms with Crippen molar-refractivity contribution >= 4 is 15.9 Å². The van der Waals surface area contributed by atoms with Gasteiger partial charge < -0.3 is 14.0 Å². The first kappa shape index (κ1) is 26.4. The predicted molar refractivity (Wildman–Crippen MR) is 149 cm³/mol. The third-order valence-electron chi connectivity index (χ3n) is 6.70. The van der Waals surface area contributed by atoms with Gasteiger partial charge in [-0.3, -0.25) is 0 Å². The summed E-state index contributed by atoms with van der Waals surface area (Å²) >= 11 is 0. The number of aromatic nitrogens is 2. The van der Waals surface area contributed by atoms with Crippen molar-refractivity contribution < 1.29 is 22.5 Å². The summed E-state index contributed by atoms with van der Waals surface area (Å²) in [5.41, 5.74) is 5.08. The standard InChI is InChI=1S/C30H29N3O5S/c1-20-21(2)32-38-29(20)33-39(35,36)28-11-7-6-10-27(28)26-15-13-23(30-31-16-17-37-30)18-24(26)19-25(34)14-12-22-8-4-3-5-9-22/h3-11,13,15-18,25,33-34H,12,14,19H2,1-2H3. The SMILES string of the molecule is Cc1noc(NS(=O)(=O)c2ccccc2-c2ccc(-c3ncco3)cc2CC(O)CCc2ccccc2)c1C. The Bertz CT molecular complexity index is 1660. The third-order valence-corrected chi connectivity index (χ3v) is 8.09. The average molecular weight is 544 g/mol. The number of hydrogen-bond acceptors (Lipinski definition) is 7. The van der Waals surface area contributed by atoms with Crippen molar-refractivity contribution in [2.45, 2.75) is 44.1 Å². The van der Waals surface area contributed by atoms with Gasteiger partial charge in [-0.05, 0) is 68.0 Å². The van der Waals surface area contributed by atoms with Crippen molar-refractivity contribution in [2.24, 2.45) is 0 Å². The molecule has 5 aromatic rings. The first-order valence-corrected chi connectivity index (χ1v) is 14.1. The molecule has 0 fully saturated rings. The molecule has 0 aliphatic carbocycles. The lowest BCUT2D eigenvalue weighted by Crippen LogP contribution is -2.15. The molecule has 0 aliphatic rings. The minimum absolute atomic E-state index is 0.0816. The molecule has 2 N–H and O–H groups in total. The molecule has 5 rings (SSSR count). The normalized spacial score (nSPS) is 12.4. The molecule has 3 aromatic carbocycles. The average Bonchev–Trinajstić information content (AvgIpc) is 3.59. The summed E-state index contributed by atoms with van der Waals surface area (Å²) < 4.78 is 40.3. The van der Waals surface area contributed by atoms with E-state index in [1.54, 1.807) is 44.3 Å². The molecule has 1 atom stereocenters. The van der Waals surface area contributed by atoms with Crippen LogP contribution in [-0.4, -0.2) is 29.8 Å². The fourth-order valence-corrected chi connectivity index (χ4v) is 5.74. The van der Waals surface area contributed by atoms with Crippen LogP contribution >= 0.6 is 0 Å². The van der Waals surface area contributed by atoms with Gasteiger partial charge in [0.15, 0.2) is 0 Å². The van der Waals surface area contributed by atoms with Gasteiger partial charge in [-0.2, -0.15) is 0 Å². The van der Waals surface area contributed by atoms with E-state index in [0.29, 0.717) is 41.1 Å². The summed E-state index contributed by atoms with van der Waals surface area (Å²) in [5, 5.41) is 14.9. The van der Waals surface area contributed by atoms with E-state index in [-0.39, 0.29) is 10.8 Å². The van der Waals surface area contributed by atoms with Gasteiger partial charge >= 0.3 is 0 Å². The van der Waals surface area contributed by atoms with Crippen LogP contribution in [0.2, 0.25) is 0 Å². The number of nitrogens with one attached hydrogen (secondary N) is 1. The van der Waals surface area contributed by atoms with Crippen molar-refractivity contribution in [1.82, 2.24) is 10.1 Å². The van der Waals surface area contributed by atoms with Gasteiger partial charge in [-0.25, -0.2) is 18.1 Å². The smallest absolute Gasteiger partial charge is 0.264 e. The quantitative estimate of drug-likeness (QED) is 0.223. The number of oxazole rings is 1. The zero-order valence-corrected chi connectivity index (χ0v) is 22.5. The maximum Gasteiger partial charge on any atom is 0.264 e. The predicted octanol–water partition coefficient (Wildman–Crippen LogP) is 5.95. The molecule has 0 amide bonds. The maximum atomic E-state index is 13.5. The highest BCUT2D eigenvalue weighted by molar-refractivity contribution is 7.92. The largest absolute Gasteiger partial charge is 0.445 e. The fourth-order valence-electron chi connectivity index (χ4n) is 4.47. The van der Waals surface area contributed by atoms with Crippen molar-refractivity contribution in [3.8, 4) is 22.6 Å². The number of nitrogens with zero attached hydrogens (tertiary/aromatic N) is 2. The maximum absolute atomic E-state index is 13.5. The molecule has 0 saturated carbocycles. The van der Waals surface area contributed by atoms with Crippen molar-refractivity contribution in [1.29, 1.82) is 0 Å². The Morgan fingerprint density at radius 3 is 2.46 bits per heavy atom. The Kier molecular flexibility index (Phi) is 7.63. The van der Waals surface area contributed by atoms with Crippen molar-refractivity contribution in [2.75, 3.05) is 4.72 Å². The van der Waals surface area contributed by atoms with Crippen LogP contribution in [0.25, 0.3) is 22.6 Å². The van der Waals surface area contributed by atoms with Crippen LogP contribution in [0.5, 0.6) is 0 Å². The van der Waals surface area contributed by atoms with E-state index >= 15 is 0 Å². The summed E-state index contributed by atoms with van der Waals surface area (Å²) in [7, 11) is -4.02. The van der Waals surface area contributed by atoms with Crippen LogP contribution in [0.3, 0.4) is 0 Å². The number of aliphatic hydroxyl groups excluding tert-OH is 1. The molecule has 8 nitrogen and oxygen atoms in total. The first-order valence-electron chi connectivity index (χ1n) is 12.6. The Labute approximate surface area is 227 Å². The zero-order valence-electron chi connectivity index (χ0n) is 21.7. The molecule has 0 aliphatic heterocycles. The summed E-state index contributed by atoms with van der Waals surface area (Å²) in [6, 6.07) is 22.3. The van der Waals surface area contributed by atoms with Crippen LogP contribution < -0.4 is 4.72 Å². The first-order chi connectivity index (χ1) is 18.8. The van der Waals surface area contributed by atoms with Gasteiger partial charge in [0.2, 0.25) is 11.8 Å². The molecule has 2 heterocycles. The highest BCUT2D eigenvalue weighted by atomic mass is 32.2. The lowest BCUT2D eigenvalue weighted by atomic mass is 9.92. The molecule has 0 radical (unpaired) electrons. The fraction of sp³-hybridized carbons (Fsp3) is 0.200. The second-order valence-corrected chi connectivity index (χ2v) is 11.1. The van der Waals surface area contributed by atoms with Crippen LogP contribution in [0.4, 0.5) is 5.88 Å². The lowest BCUT2D eigenvalue weighted by Gasteiger charge is -2.18. The molecule has 39 heavy (non-hydrogen) atoms. The molecule has 2 aromatic heterocycles. The number of sulfonamides is 1. The summed E-state index contributed by atoms with van der Waals surface area (Å²) in [4.78, 5) is 4.33. The lowest BCUT2D eigenvalue weighted by molar-refractivity contribution is 0.165. The summed E-state index contributed by atoms with van der Waals surface area (Å²) in [6.07, 6.45) is 4.01. The number of hydrogen-bond donors (Lipinski definition) is 2. The van der Waals surface area contributed by atoms with Gasteiger partial charge in [0, 0.05) is 16.7 Å². The monoisotopic (exact) mass is 543 g/mol. The summed E-state index contributed by atoms with van der Waals surface area (Å²) in [5.74, 6) is 0.526. The van der Waals surface area contributed by atoms with E-state index in [2.05, 4.69) is 14.9 Å². The van der Waals surface area contributed by atoms with E-state index in [0.717, 1.165) is 23.1 Å². The molecular weight excluding hydrogens is 514 g/mol. The number of aliphatic hydroxyl groups is 1. The molecule has 200 valence electrons. The highest BCUT2D eigenvalue weighted by Crippen LogP contribution is 2.35. The van der Waals surface area contributed by atoms with E-state index in [9.17, 15) is 13.5 Å². The minimum Gasteiger partial charge on any atom is -0.445 e. The van der Waals surface area contributed by atoms with Crippen LogP contribution in [0.15, 0.2) is 99.1 Å². The molecule has 9 heteroatoms. The van der Waals surface area contributed by atoms with E-state index < -0.39 is 16.1 Å². The Balaban J connectivity index is 1.51. The molecule has 0 spiro atoms. The van der Waals surface area contributed by atoms with Gasteiger partial charge in [0.05, 0.1) is 22.9 Å². The van der Waals surface area contributed by atoms with Crippen LogP contribution in [-0.2, 0) is 22.9 Å². The topological polar surface area (TPSA) is 118 Å². The molecule has 1 unspecified atom stereocenters.